The van der Waals surface area contributed by atoms with Crippen LogP contribution >= 0.6 is 11.8 Å². The molecule has 0 aliphatic carbocycles. The molecular formula is C16H24N2O2S. The SMILES string of the molecule is CCC1(CO)CCN(C(=O)C(C)Sc2ccccn2)CC1. The second-order valence-electron chi connectivity index (χ2n) is 5.77. The number of aliphatic hydroxyl groups is 1. The summed E-state index contributed by atoms with van der Waals surface area (Å²) in [5, 5.41) is 10.3. The third-order valence-corrected chi connectivity index (χ3v) is 5.54. The van der Waals surface area contributed by atoms with Crippen LogP contribution in [0.5, 0.6) is 0 Å². The van der Waals surface area contributed by atoms with Gasteiger partial charge >= 0.3 is 0 Å². The van der Waals surface area contributed by atoms with Crippen molar-refractivity contribution in [2.45, 2.75) is 43.4 Å². The van der Waals surface area contributed by atoms with Crippen LogP contribution < -0.4 is 0 Å². The maximum atomic E-state index is 12.5. The number of carbonyl (C=O) groups is 1. The van der Waals surface area contributed by atoms with Gasteiger partial charge < -0.3 is 10.0 Å². The molecule has 1 saturated heterocycles. The minimum Gasteiger partial charge on any atom is -0.396 e. The number of carbonyl (C=O) groups excluding carboxylic acids is 1. The molecule has 116 valence electrons. The number of amides is 1. The Labute approximate surface area is 130 Å². The van der Waals surface area contributed by atoms with E-state index in [9.17, 15) is 9.90 Å². The van der Waals surface area contributed by atoms with Crippen molar-refractivity contribution in [1.29, 1.82) is 0 Å². The van der Waals surface area contributed by atoms with Crippen molar-refractivity contribution in [2.24, 2.45) is 5.41 Å². The Morgan fingerprint density at radius 2 is 2.19 bits per heavy atom. The van der Waals surface area contributed by atoms with Gasteiger partial charge in [-0.05, 0) is 43.7 Å². The van der Waals surface area contributed by atoms with Crippen molar-refractivity contribution in [3.8, 4) is 0 Å². The molecule has 0 radical (unpaired) electrons. The van der Waals surface area contributed by atoms with Gasteiger partial charge in [0.05, 0.1) is 10.3 Å². The number of hydrogen-bond donors (Lipinski definition) is 1. The second kappa shape index (κ2) is 7.27. The normalized spacial score (nSPS) is 19.3. The van der Waals surface area contributed by atoms with Crippen molar-refractivity contribution in [3.05, 3.63) is 24.4 Å². The van der Waals surface area contributed by atoms with Crippen LogP contribution in [0.25, 0.3) is 0 Å². The van der Waals surface area contributed by atoms with E-state index < -0.39 is 0 Å². The summed E-state index contributed by atoms with van der Waals surface area (Å²) in [5.74, 6) is 0.174. The van der Waals surface area contributed by atoms with Gasteiger partial charge in [0, 0.05) is 25.9 Å². The predicted octanol–water partition coefficient (Wildman–Crippen LogP) is 2.57. The highest BCUT2D eigenvalue weighted by Gasteiger charge is 2.35. The van der Waals surface area contributed by atoms with Gasteiger partial charge in [0.2, 0.25) is 5.91 Å². The third kappa shape index (κ3) is 3.98. The summed E-state index contributed by atoms with van der Waals surface area (Å²) in [6.45, 7) is 5.78. The van der Waals surface area contributed by atoms with Crippen molar-refractivity contribution >= 4 is 17.7 Å². The topological polar surface area (TPSA) is 53.4 Å². The fraction of sp³-hybridized carbons (Fsp3) is 0.625. The lowest BCUT2D eigenvalue weighted by Gasteiger charge is -2.40. The van der Waals surface area contributed by atoms with Gasteiger partial charge in [-0.3, -0.25) is 4.79 Å². The predicted molar refractivity (Wildman–Crippen MR) is 85.2 cm³/mol. The molecule has 1 aliphatic rings. The minimum absolute atomic E-state index is 0.0220. The van der Waals surface area contributed by atoms with Crippen molar-refractivity contribution in [1.82, 2.24) is 9.88 Å². The maximum absolute atomic E-state index is 12.5. The highest BCUT2D eigenvalue weighted by atomic mass is 32.2. The summed E-state index contributed by atoms with van der Waals surface area (Å²) >= 11 is 1.51. The molecule has 1 N–H and O–H groups in total. The first-order valence-electron chi connectivity index (χ1n) is 7.57. The van der Waals surface area contributed by atoms with Gasteiger partial charge in [-0.1, -0.05) is 24.8 Å². The van der Waals surface area contributed by atoms with E-state index in [1.807, 2.05) is 30.0 Å². The maximum Gasteiger partial charge on any atom is 0.235 e. The van der Waals surface area contributed by atoms with Gasteiger partial charge in [-0.15, -0.1) is 0 Å². The van der Waals surface area contributed by atoms with Gasteiger partial charge in [0.25, 0.3) is 0 Å². The van der Waals surface area contributed by atoms with Crippen LogP contribution in [0.15, 0.2) is 29.4 Å². The summed E-state index contributed by atoms with van der Waals surface area (Å²) in [4.78, 5) is 18.7. The fourth-order valence-corrected chi connectivity index (χ4v) is 3.62. The van der Waals surface area contributed by atoms with E-state index in [4.69, 9.17) is 0 Å². The van der Waals surface area contributed by atoms with Crippen LogP contribution in [0.2, 0.25) is 0 Å². The summed E-state index contributed by atoms with van der Waals surface area (Å²) in [6, 6.07) is 5.74. The Balaban J connectivity index is 1.89. The van der Waals surface area contributed by atoms with E-state index in [2.05, 4.69) is 11.9 Å². The second-order valence-corrected chi connectivity index (χ2v) is 7.13. The Bertz CT molecular complexity index is 453. The lowest BCUT2D eigenvalue weighted by atomic mass is 9.77. The lowest BCUT2D eigenvalue weighted by molar-refractivity contribution is -0.133. The number of hydrogen-bond acceptors (Lipinski definition) is 4. The molecular weight excluding hydrogens is 284 g/mol. The van der Waals surface area contributed by atoms with Crippen LogP contribution in [-0.2, 0) is 4.79 Å². The van der Waals surface area contributed by atoms with Crippen LogP contribution in [0.3, 0.4) is 0 Å². The van der Waals surface area contributed by atoms with E-state index in [0.717, 1.165) is 37.4 Å². The first-order valence-corrected chi connectivity index (χ1v) is 8.45. The van der Waals surface area contributed by atoms with Crippen LogP contribution in [0, 0.1) is 5.41 Å². The number of nitrogens with zero attached hydrogens (tertiary/aromatic N) is 2. The third-order valence-electron chi connectivity index (χ3n) is 4.50. The molecule has 1 atom stereocenters. The quantitative estimate of drug-likeness (QED) is 0.850. The van der Waals surface area contributed by atoms with E-state index in [1.165, 1.54) is 11.8 Å². The summed E-state index contributed by atoms with van der Waals surface area (Å²) in [7, 11) is 0. The van der Waals surface area contributed by atoms with Crippen LogP contribution in [-0.4, -0.2) is 45.8 Å². The number of aromatic nitrogens is 1. The Kier molecular flexibility index (Phi) is 5.65. The molecule has 1 fully saturated rings. The summed E-state index contributed by atoms with van der Waals surface area (Å²) in [5.41, 5.74) is 0.0220. The fourth-order valence-electron chi connectivity index (χ4n) is 2.73. The number of aliphatic hydroxyl groups excluding tert-OH is 1. The lowest BCUT2D eigenvalue weighted by Crippen LogP contribution is -2.46. The zero-order valence-corrected chi connectivity index (χ0v) is 13.6. The minimum atomic E-state index is -0.122. The Morgan fingerprint density at radius 3 is 2.71 bits per heavy atom. The average Bonchev–Trinajstić information content (AvgIpc) is 2.55. The molecule has 2 heterocycles. The van der Waals surface area contributed by atoms with E-state index in [0.29, 0.717) is 0 Å². The molecule has 5 heteroatoms. The number of piperidine rings is 1. The molecule has 4 nitrogen and oxygen atoms in total. The molecule has 1 aliphatic heterocycles. The van der Waals surface area contributed by atoms with Crippen molar-refractivity contribution in [3.63, 3.8) is 0 Å². The summed E-state index contributed by atoms with van der Waals surface area (Å²) in [6.07, 6.45) is 4.51. The molecule has 0 bridgehead atoms. The molecule has 0 spiro atoms. The first kappa shape index (κ1) is 16.3. The molecule has 1 amide bonds. The highest BCUT2D eigenvalue weighted by molar-refractivity contribution is 8.00. The van der Waals surface area contributed by atoms with Crippen LogP contribution in [0.4, 0.5) is 0 Å². The van der Waals surface area contributed by atoms with Crippen LogP contribution in [0.1, 0.15) is 33.1 Å². The molecule has 2 rings (SSSR count). The standard InChI is InChI=1S/C16H24N2O2S/c1-3-16(12-19)7-10-18(11-8-16)15(20)13(2)21-14-6-4-5-9-17-14/h4-6,9,13,19H,3,7-8,10-12H2,1-2H3. The van der Waals surface area contributed by atoms with E-state index in [-0.39, 0.29) is 23.2 Å². The molecule has 0 saturated carbocycles. The summed E-state index contributed by atoms with van der Waals surface area (Å²) < 4.78 is 0. The first-order chi connectivity index (χ1) is 10.1. The van der Waals surface area contributed by atoms with Crippen molar-refractivity contribution in [2.75, 3.05) is 19.7 Å². The molecule has 1 unspecified atom stereocenters. The molecule has 1 aromatic heterocycles. The number of thioether (sulfide) groups is 1. The Hall–Kier alpha value is -1.07. The van der Waals surface area contributed by atoms with Gasteiger partial charge in [-0.2, -0.15) is 0 Å². The smallest absolute Gasteiger partial charge is 0.235 e. The number of pyridine rings is 1. The monoisotopic (exact) mass is 308 g/mol. The van der Waals surface area contributed by atoms with Crippen molar-refractivity contribution < 1.29 is 9.90 Å². The van der Waals surface area contributed by atoms with E-state index >= 15 is 0 Å². The zero-order chi connectivity index (χ0) is 15.3. The highest BCUT2D eigenvalue weighted by Crippen LogP contribution is 2.35. The van der Waals surface area contributed by atoms with E-state index in [1.54, 1.807) is 6.20 Å². The molecule has 21 heavy (non-hydrogen) atoms. The molecule has 1 aromatic rings. The molecule has 0 aromatic carbocycles. The van der Waals surface area contributed by atoms with Gasteiger partial charge in [0.15, 0.2) is 0 Å². The number of likely N-dealkylation sites (tertiary alicyclic amines) is 1. The van der Waals surface area contributed by atoms with Gasteiger partial charge in [-0.25, -0.2) is 4.98 Å². The number of rotatable bonds is 5. The largest absolute Gasteiger partial charge is 0.396 e. The zero-order valence-electron chi connectivity index (χ0n) is 12.8. The Morgan fingerprint density at radius 1 is 1.48 bits per heavy atom. The van der Waals surface area contributed by atoms with Gasteiger partial charge in [0.1, 0.15) is 0 Å². The average molecular weight is 308 g/mol.